The Bertz CT molecular complexity index is 1880. The number of aromatic nitrogens is 2. The molecule has 3 saturated heterocycles. The van der Waals surface area contributed by atoms with Crippen LogP contribution in [0.3, 0.4) is 0 Å². The largest absolute Gasteiger partial charge is 0.461 e. The van der Waals surface area contributed by atoms with Gasteiger partial charge in [0, 0.05) is 48.4 Å². The zero-order valence-corrected chi connectivity index (χ0v) is 25.3. The van der Waals surface area contributed by atoms with Crippen LogP contribution in [0.1, 0.15) is 43.7 Å². The van der Waals surface area contributed by atoms with Crippen molar-refractivity contribution in [3.05, 3.63) is 41.2 Å². The number of nitrogens with zero attached hydrogens (tertiary/aromatic N) is 6. The van der Waals surface area contributed by atoms with E-state index < -0.39 is 12.0 Å². The second-order valence-corrected chi connectivity index (χ2v) is 13.2. The highest BCUT2D eigenvalue weighted by Crippen LogP contribution is 2.44. The first-order valence-corrected chi connectivity index (χ1v) is 15.7. The van der Waals surface area contributed by atoms with E-state index in [1.54, 1.807) is 18.2 Å². The first kappa shape index (κ1) is 28.7. The molecule has 3 aliphatic rings. The van der Waals surface area contributed by atoms with E-state index in [9.17, 15) is 19.3 Å². The second kappa shape index (κ2) is 10.8. The van der Waals surface area contributed by atoms with Crippen molar-refractivity contribution >= 4 is 43.1 Å². The molecule has 3 aliphatic heterocycles. The van der Waals surface area contributed by atoms with Crippen molar-refractivity contribution in [2.75, 3.05) is 43.9 Å². The summed E-state index contributed by atoms with van der Waals surface area (Å²) in [6.07, 6.45) is 2.33. The van der Waals surface area contributed by atoms with Crippen molar-refractivity contribution < 1.29 is 13.5 Å². The van der Waals surface area contributed by atoms with Crippen LogP contribution in [0.25, 0.3) is 32.1 Å². The van der Waals surface area contributed by atoms with Crippen molar-refractivity contribution in [2.24, 2.45) is 0 Å². The smallest absolute Gasteiger partial charge is 0.319 e. The quantitative estimate of drug-likeness (QED) is 0.304. The Morgan fingerprint density at radius 1 is 1.25 bits per heavy atom. The van der Waals surface area contributed by atoms with Crippen molar-refractivity contribution in [3.8, 4) is 29.3 Å². The number of rotatable bonds is 6. The molecule has 2 aromatic heterocycles. The number of benzene rings is 2. The molecule has 12 heteroatoms. The van der Waals surface area contributed by atoms with Crippen LogP contribution in [-0.4, -0.2) is 72.0 Å². The minimum absolute atomic E-state index is 0.154. The van der Waals surface area contributed by atoms with Crippen LogP contribution < -0.4 is 20.7 Å². The fraction of sp³-hybridized carbons (Fsp3) is 0.438. The molecule has 0 saturated carbocycles. The molecule has 5 heterocycles. The van der Waals surface area contributed by atoms with E-state index in [4.69, 9.17) is 20.4 Å². The van der Waals surface area contributed by atoms with Crippen LogP contribution in [0.5, 0.6) is 6.01 Å². The fourth-order valence-corrected chi connectivity index (χ4v) is 8.44. The number of nitrogens with two attached hydrogens (primary N) is 1. The summed E-state index contributed by atoms with van der Waals surface area (Å²) in [5.41, 5.74) is 7.83. The van der Waals surface area contributed by atoms with Gasteiger partial charge in [0.2, 0.25) is 0 Å². The van der Waals surface area contributed by atoms with E-state index >= 15 is 0 Å². The van der Waals surface area contributed by atoms with E-state index in [0.29, 0.717) is 51.8 Å². The number of thiophene rings is 1. The number of hydrogen-bond acceptors (Lipinski definition) is 10. The number of anilines is 2. The minimum atomic E-state index is -0.876. The summed E-state index contributed by atoms with van der Waals surface area (Å²) in [7, 11) is 1.98. The topological polar surface area (TPSA) is 127 Å². The zero-order chi connectivity index (χ0) is 30.7. The third kappa shape index (κ3) is 4.52. The Kier molecular flexibility index (Phi) is 7.04. The highest BCUT2D eigenvalue weighted by molar-refractivity contribution is 7.23. The molecule has 2 aromatic carbocycles. The lowest BCUT2D eigenvalue weighted by Gasteiger charge is -2.32. The van der Waals surface area contributed by atoms with Crippen LogP contribution in [0.15, 0.2) is 24.3 Å². The molecule has 4 aromatic rings. The number of ether oxygens (including phenoxy) is 1. The fourth-order valence-electron chi connectivity index (χ4n) is 7.49. The normalized spacial score (nSPS) is 24.9. The summed E-state index contributed by atoms with van der Waals surface area (Å²) in [5, 5.41) is 24.9. The van der Waals surface area contributed by atoms with E-state index in [1.165, 1.54) is 6.07 Å². The third-order valence-corrected chi connectivity index (χ3v) is 10.7. The van der Waals surface area contributed by atoms with E-state index in [2.05, 4.69) is 34.2 Å². The van der Waals surface area contributed by atoms with Gasteiger partial charge >= 0.3 is 6.01 Å². The Labute approximate surface area is 257 Å². The number of nitriles is 2. The molecule has 0 unspecified atom stereocenters. The molecular formula is C32H32F2N8OS. The number of nitrogens with one attached hydrogen (secondary N) is 1. The van der Waals surface area contributed by atoms with Gasteiger partial charge in [-0.05, 0) is 63.0 Å². The Balaban J connectivity index is 1.39. The average molecular weight is 615 g/mol. The molecular weight excluding hydrogens is 582 g/mol. The molecule has 3 N–H and O–H groups in total. The average Bonchev–Trinajstić information content (AvgIpc) is 3.77. The maximum absolute atomic E-state index is 14.9. The monoisotopic (exact) mass is 614 g/mol. The van der Waals surface area contributed by atoms with Gasteiger partial charge in [0.25, 0.3) is 0 Å². The van der Waals surface area contributed by atoms with Gasteiger partial charge in [0.05, 0.1) is 33.0 Å². The van der Waals surface area contributed by atoms with Crippen molar-refractivity contribution in [1.29, 1.82) is 10.5 Å². The molecule has 44 heavy (non-hydrogen) atoms. The number of hydrogen-bond donors (Lipinski definition) is 2. The lowest BCUT2D eigenvalue weighted by atomic mass is 9.94. The van der Waals surface area contributed by atoms with Crippen molar-refractivity contribution in [3.63, 3.8) is 0 Å². The predicted molar refractivity (Wildman–Crippen MR) is 167 cm³/mol. The number of nitrogen functional groups attached to an aromatic ring is 1. The van der Waals surface area contributed by atoms with Gasteiger partial charge in [0.15, 0.2) is 0 Å². The number of alkyl halides is 1. The number of fused-ring (bicyclic) bond motifs is 3. The van der Waals surface area contributed by atoms with E-state index in [1.807, 2.05) is 7.05 Å². The maximum atomic E-state index is 14.9. The highest BCUT2D eigenvalue weighted by atomic mass is 32.1. The van der Waals surface area contributed by atoms with Crippen molar-refractivity contribution in [1.82, 2.24) is 20.2 Å². The summed E-state index contributed by atoms with van der Waals surface area (Å²) in [5.74, 6) is 0.149. The van der Waals surface area contributed by atoms with Gasteiger partial charge in [-0.1, -0.05) is 6.07 Å². The van der Waals surface area contributed by atoms with Gasteiger partial charge in [-0.15, -0.1) is 11.3 Å². The summed E-state index contributed by atoms with van der Waals surface area (Å²) in [6, 6.07) is 11.4. The molecule has 3 fully saturated rings. The first-order chi connectivity index (χ1) is 21.2. The van der Waals surface area contributed by atoms with Gasteiger partial charge in [-0.3, -0.25) is 4.90 Å². The molecule has 4 atom stereocenters. The molecule has 226 valence electrons. The van der Waals surface area contributed by atoms with Gasteiger partial charge in [0.1, 0.15) is 35.5 Å². The molecule has 0 aliphatic carbocycles. The first-order valence-electron chi connectivity index (χ1n) is 14.9. The SMILES string of the molecule is C[C@H]1NCC[C@H]1N(C)c1nc(OC[C@@]23CCCN2C[C@H](F)C3)nc2cc(-c3ccc(F)c4sc(N)c(C#N)c34)c(C#N)cc12. The van der Waals surface area contributed by atoms with E-state index in [0.717, 1.165) is 43.7 Å². The van der Waals surface area contributed by atoms with Crippen molar-refractivity contribution in [2.45, 2.75) is 56.4 Å². The van der Waals surface area contributed by atoms with Crippen LogP contribution in [0.4, 0.5) is 19.6 Å². The van der Waals surface area contributed by atoms with Gasteiger partial charge in [-0.25, -0.2) is 8.78 Å². The minimum Gasteiger partial charge on any atom is -0.461 e. The molecule has 7 rings (SSSR count). The molecule has 0 radical (unpaired) electrons. The molecule has 9 nitrogen and oxygen atoms in total. The molecule has 0 amide bonds. The molecule has 0 bridgehead atoms. The summed E-state index contributed by atoms with van der Waals surface area (Å²) >= 11 is 1.01. The van der Waals surface area contributed by atoms with E-state index in [-0.39, 0.29) is 45.5 Å². The second-order valence-electron chi connectivity index (χ2n) is 12.2. The van der Waals surface area contributed by atoms with Gasteiger partial charge < -0.3 is 20.7 Å². The standard InChI is InChI=1S/C32H32F2N8OS/c1-17-26(6-8-38-17)41(2)30-22-10-18(13-35)21(20-4-5-24(34)28-27(20)23(14-36)29(37)44-28)11-25(22)39-31(40-30)43-16-32-7-3-9-42(32)15-19(33)12-32/h4-5,10-11,17,19,26,38H,3,6-9,12,15-16,37H2,1-2H3/t17-,19-,26-,32+/m1/s1. The Morgan fingerprint density at radius 2 is 2.09 bits per heavy atom. The Morgan fingerprint density at radius 3 is 2.84 bits per heavy atom. The lowest BCUT2D eigenvalue weighted by molar-refractivity contribution is 0.107. The maximum Gasteiger partial charge on any atom is 0.319 e. The third-order valence-electron chi connectivity index (χ3n) is 9.68. The van der Waals surface area contributed by atoms with Gasteiger partial charge in [-0.2, -0.15) is 20.5 Å². The van der Waals surface area contributed by atoms with Crippen LogP contribution >= 0.6 is 11.3 Å². The van der Waals surface area contributed by atoms with Crippen LogP contribution in [-0.2, 0) is 0 Å². The highest BCUT2D eigenvalue weighted by Gasteiger charge is 2.49. The summed E-state index contributed by atoms with van der Waals surface area (Å²) in [4.78, 5) is 14.0. The summed E-state index contributed by atoms with van der Waals surface area (Å²) < 4.78 is 35.9. The zero-order valence-electron chi connectivity index (χ0n) is 24.5. The number of halogens is 2. The Hall–Kier alpha value is -4.10. The lowest BCUT2D eigenvalue weighted by Crippen LogP contribution is -2.43. The van der Waals surface area contributed by atoms with Crippen LogP contribution in [0.2, 0.25) is 0 Å². The predicted octanol–water partition coefficient (Wildman–Crippen LogP) is 5.12. The van der Waals surface area contributed by atoms with Crippen LogP contribution in [0, 0.1) is 28.5 Å². The summed E-state index contributed by atoms with van der Waals surface area (Å²) in [6.45, 7) is 4.57. The number of likely N-dealkylation sites (N-methyl/N-ethyl adjacent to an activating group) is 1. The molecule has 0 spiro atoms.